The van der Waals surface area contributed by atoms with Crippen LogP contribution < -0.4 is 4.90 Å². The highest BCUT2D eigenvalue weighted by atomic mass is 15.3. The first-order valence-electron chi connectivity index (χ1n) is 8.59. The molecule has 0 spiro atoms. The van der Waals surface area contributed by atoms with Gasteiger partial charge in [-0.25, -0.2) is 9.97 Å². The Labute approximate surface area is 137 Å². The Kier molecular flexibility index (Phi) is 3.92. The number of hydrogen-bond acceptors (Lipinski definition) is 4. The summed E-state index contributed by atoms with van der Waals surface area (Å²) in [5.41, 5.74) is 0.912. The van der Waals surface area contributed by atoms with E-state index in [1.165, 1.54) is 25.7 Å². The van der Waals surface area contributed by atoms with Crippen LogP contribution in [0, 0.1) is 12.3 Å². The average Bonchev–Trinajstić information content (AvgIpc) is 3.32. The van der Waals surface area contributed by atoms with Crippen molar-refractivity contribution in [3.8, 4) is 12.3 Å². The van der Waals surface area contributed by atoms with Gasteiger partial charge in [0.15, 0.2) is 0 Å². The molecule has 120 valence electrons. The van der Waals surface area contributed by atoms with E-state index in [9.17, 15) is 0 Å². The van der Waals surface area contributed by atoms with Gasteiger partial charge in [-0.2, -0.15) is 0 Å². The van der Waals surface area contributed by atoms with Crippen molar-refractivity contribution in [2.24, 2.45) is 0 Å². The molecule has 1 aliphatic heterocycles. The van der Waals surface area contributed by atoms with Crippen molar-refractivity contribution >= 4 is 16.9 Å². The Morgan fingerprint density at radius 2 is 2.13 bits per heavy atom. The summed E-state index contributed by atoms with van der Waals surface area (Å²) >= 11 is 0. The molecule has 2 fully saturated rings. The van der Waals surface area contributed by atoms with Crippen molar-refractivity contribution in [3.05, 3.63) is 18.6 Å². The van der Waals surface area contributed by atoms with E-state index in [1.807, 2.05) is 6.20 Å². The summed E-state index contributed by atoms with van der Waals surface area (Å²) in [4.78, 5) is 17.0. The first-order valence-corrected chi connectivity index (χ1v) is 8.59. The molecule has 0 bridgehead atoms. The Morgan fingerprint density at radius 3 is 2.96 bits per heavy atom. The number of fused-ring (bicyclic) bond motifs is 1. The van der Waals surface area contributed by atoms with E-state index in [0.717, 1.165) is 42.9 Å². The van der Waals surface area contributed by atoms with E-state index in [-0.39, 0.29) is 0 Å². The minimum atomic E-state index is 0.540. The molecule has 2 aromatic heterocycles. The van der Waals surface area contributed by atoms with Crippen LogP contribution in [-0.2, 0) is 0 Å². The Balaban J connectivity index is 1.54. The summed E-state index contributed by atoms with van der Waals surface area (Å²) in [6.07, 6.45) is 15.7. The molecule has 1 N–H and O–H groups in total. The third kappa shape index (κ3) is 2.68. The highest BCUT2D eigenvalue weighted by Gasteiger charge is 2.33. The predicted octanol–water partition coefficient (Wildman–Crippen LogP) is 2.41. The van der Waals surface area contributed by atoms with Gasteiger partial charge in [0.05, 0.1) is 11.9 Å². The maximum atomic E-state index is 5.64. The van der Waals surface area contributed by atoms with Gasteiger partial charge in [-0.15, -0.1) is 6.42 Å². The van der Waals surface area contributed by atoms with Crippen LogP contribution in [0.3, 0.4) is 0 Å². The number of nitrogens with one attached hydrogen (secondary N) is 1. The molecule has 5 nitrogen and oxygen atoms in total. The second kappa shape index (κ2) is 6.21. The summed E-state index contributed by atoms with van der Waals surface area (Å²) < 4.78 is 0. The fourth-order valence-electron chi connectivity index (χ4n) is 4.21. The molecule has 0 unspecified atom stereocenters. The molecule has 1 atom stereocenters. The zero-order valence-electron chi connectivity index (χ0n) is 13.4. The lowest BCUT2D eigenvalue weighted by molar-refractivity contribution is 0.167. The SMILES string of the molecule is C#CCN(C1CCCC1)[C@@H]1CCN(c2ncnc3[nH]ccc23)C1. The van der Waals surface area contributed by atoms with Crippen LogP contribution in [-0.4, -0.2) is 51.6 Å². The van der Waals surface area contributed by atoms with E-state index < -0.39 is 0 Å². The third-order valence-electron chi connectivity index (χ3n) is 5.33. The van der Waals surface area contributed by atoms with E-state index >= 15 is 0 Å². The average molecular weight is 309 g/mol. The van der Waals surface area contributed by atoms with Gasteiger partial charge in [-0.3, -0.25) is 4.90 Å². The van der Waals surface area contributed by atoms with Crippen molar-refractivity contribution < 1.29 is 0 Å². The second-order valence-electron chi connectivity index (χ2n) is 6.64. The van der Waals surface area contributed by atoms with Crippen LogP contribution in [0.25, 0.3) is 11.0 Å². The van der Waals surface area contributed by atoms with Gasteiger partial charge in [0.2, 0.25) is 0 Å². The lowest BCUT2D eigenvalue weighted by atomic mass is 10.1. The van der Waals surface area contributed by atoms with Crippen LogP contribution >= 0.6 is 0 Å². The molecule has 4 rings (SSSR count). The number of nitrogens with zero attached hydrogens (tertiary/aromatic N) is 4. The fraction of sp³-hybridized carbons (Fsp3) is 0.556. The van der Waals surface area contributed by atoms with Crippen molar-refractivity contribution in [1.29, 1.82) is 0 Å². The Bertz CT molecular complexity index is 710. The molecule has 2 aromatic rings. The predicted molar refractivity (Wildman–Crippen MR) is 92.3 cm³/mol. The van der Waals surface area contributed by atoms with E-state index in [2.05, 4.69) is 36.7 Å². The number of rotatable bonds is 4. The summed E-state index contributed by atoms with van der Waals surface area (Å²) in [7, 11) is 0. The van der Waals surface area contributed by atoms with Crippen LogP contribution in [0.5, 0.6) is 0 Å². The zero-order chi connectivity index (χ0) is 15.6. The van der Waals surface area contributed by atoms with Crippen molar-refractivity contribution in [2.75, 3.05) is 24.5 Å². The van der Waals surface area contributed by atoms with Gasteiger partial charge in [0.25, 0.3) is 0 Å². The highest BCUT2D eigenvalue weighted by molar-refractivity contribution is 5.87. The fourth-order valence-corrected chi connectivity index (χ4v) is 4.21. The molecule has 0 radical (unpaired) electrons. The lowest BCUT2D eigenvalue weighted by Crippen LogP contribution is -2.43. The minimum absolute atomic E-state index is 0.540. The molecule has 23 heavy (non-hydrogen) atoms. The van der Waals surface area contributed by atoms with Gasteiger partial charge in [0, 0.05) is 31.4 Å². The number of hydrogen-bond donors (Lipinski definition) is 1. The summed E-state index contributed by atoms with van der Waals surface area (Å²) in [5.74, 6) is 3.93. The van der Waals surface area contributed by atoms with E-state index in [0.29, 0.717) is 12.1 Å². The Hall–Kier alpha value is -2.06. The van der Waals surface area contributed by atoms with Crippen molar-refractivity contribution in [1.82, 2.24) is 19.9 Å². The smallest absolute Gasteiger partial charge is 0.142 e. The van der Waals surface area contributed by atoms with E-state index in [1.54, 1.807) is 6.33 Å². The number of anilines is 1. The standard InChI is InChI=1S/C18H23N5/c1-2-10-23(14-5-3-4-6-14)15-8-11-22(12-15)18-16-7-9-19-17(16)20-13-21-18/h1,7,9,13-15H,3-6,8,10-12H2,(H,19,20,21)/t15-/m1/s1. The van der Waals surface area contributed by atoms with Crippen molar-refractivity contribution in [3.63, 3.8) is 0 Å². The van der Waals surface area contributed by atoms with Crippen molar-refractivity contribution in [2.45, 2.75) is 44.2 Å². The maximum Gasteiger partial charge on any atom is 0.142 e. The first kappa shape index (κ1) is 14.5. The second-order valence-corrected chi connectivity index (χ2v) is 6.64. The molecule has 1 saturated carbocycles. The summed E-state index contributed by atoms with van der Waals surface area (Å²) in [6.45, 7) is 2.82. The molecular formula is C18H23N5. The van der Waals surface area contributed by atoms with Gasteiger partial charge in [-0.05, 0) is 25.3 Å². The third-order valence-corrected chi connectivity index (χ3v) is 5.33. The molecule has 1 aliphatic carbocycles. The molecular weight excluding hydrogens is 286 g/mol. The van der Waals surface area contributed by atoms with Gasteiger partial charge in [0.1, 0.15) is 17.8 Å². The zero-order valence-corrected chi connectivity index (χ0v) is 13.4. The summed E-state index contributed by atoms with van der Waals surface area (Å²) in [5, 5.41) is 1.11. The van der Waals surface area contributed by atoms with Crippen LogP contribution in [0.1, 0.15) is 32.1 Å². The maximum absolute atomic E-state index is 5.64. The van der Waals surface area contributed by atoms with Gasteiger partial charge in [-0.1, -0.05) is 18.8 Å². The molecule has 1 saturated heterocycles. The van der Waals surface area contributed by atoms with Crippen LogP contribution in [0.2, 0.25) is 0 Å². The molecule has 3 heterocycles. The number of aromatic nitrogens is 3. The number of H-pyrrole nitrogens is 1. The monoisotopic (exact) mass is 309 g/mol. The largest absolute Gasteiger partial charge is 0.354 e. The summed E-state index contributed by atoms with van der Waals surface area (Å²) in [6, 6.07) is 3.28. The number of terminal acetylenes is 1. The molecule has 0 amide bonds. The minimum Gasteiger partial charge on any atom is -0.354 e. The normalized spacial score (nSPS) is 22.3. The quantitative estimate of drug-likeness (QED) is 0.881. The molecule has 5 heteroatoms. The molecule has 2 aliphatic rings. The van der Waals surface area contributed by atoms with Gasteiger partial charge < -0.3 is 9.88 Å². The lowest BCUT2D eigenvalue weighted by Gasteiger charge is -2.32. The first-order chi connectivity index (χ1) is 11.4. The van der Waals surface area contributed by atoms with Crippen LogP contribution in [0.15, 0.2) is 18.6 Å². The highest BCUT2D eigenvalue weighted by Crippen LogP contribution is 2.31. The molecule has 0 aromatic carbocycles. The van der Waals surface area contributed by atoms with Gasteiger partial charge >= 0.3 is 0 Å². The van der Waals surface area contributed by atoms with Crippen LogP contribution in [0.4, 0.5) is 5.82 Å². The number of aromatic amines is 1. The Morgan fingerprint density at radius 1 is 1.26 bits per heavy atom. The van der Waals surface area contributed by atoms with E-state index in [4.69, 9.17) is 6.42 Å². The topological polar surface area (TPSA) is 48.1 Å².